The predicted octanol–water partition coefficient (Wildman–Crippen LogP) is 3.96. The third kappa shape index (κ3) is 3.15. The van der Waals surface area contributed by atoms with E-state index in [0.717, 1.165) is 16.9 Å². The van der Waals surface area contributed by atoms with Crippen LogP contribution in [0.3, 0.4) is 0 Å². The smallest absolute Gasteiger partial charge is 0.0364 e. The van der Waals surface area contributed by atoms with Crippen LogP contribution in [-0.4, -0.2) is 6.04 Å². The molecule has 0 radical (unpaired) electrons. The molecule has 1 aromatic carbocycles. The van der Waals surface area contributed by atoms with Gasteiger partial charge in [0.25, 0.3) is 0 Å². The quantitative estimate of drug-likeness (QED) is 0.757. The van der Waals surface area contributed by atoms with Gasteiger partial charge in [0.1, 0.15) is 0 Å². The standard InChI is InChI=1S/C15H24N2/c1-11-4-5-13(10-14(11)16)17-12-6-8-15(2,3)9-7-12/h4-5,10,12,17H,6-9,16H2,1-3H3. The molecule has 1 aromatic rings. The second-order valence-corrected chi connectivity index (χ2v) is 6.15. The Labute approximate surface area is 105 Å². The minimum Gasteiger partial charge on any atom is -0.398 e. The van der Waals surface area contributed by atoms with Crippen molar-refractivity contribution in [3.05, 3.63) is 23.8 Å². The molecule has 0 atom stereocenters. The first-order valence-corrected chi connectivity index (χ1v) is 6.59. The van der Waals surface area contributed by atoms with Crippen molar-refractivity contribution in [3.8, 4) is 0 Å². The summed E-state index contributed by atoms with van der Waals surface area (Å²) in [5.41, 5.74) is 9.66. The number of nitrogen functional groups attached to an aromatic ring is 1. The van der Waals surface area contributed by atoms with E-state index in [1.807, 2.05) is 6.92 Å². The highest BCUT2D eigenvalue weighted by Gasteiger charge is 2.26. The number of hydrogen-bond acceptors (Lipinski definition) is 2. The molecule has 0 unspecified atom stereocenters. The summed E-state index contributed by atoms with van der Waals surface area (Å²) in [5, 5.41) is 3.61. The van der Waals surface area contributed by atoms with Crippen LogP contribution in [0.5, 0.6) is 0 Å². The summed E-state index contributed by atoms with van der Waals surface area (Å²) in [6.45, 7) is 6.78. The number of aryl methyl sites for hydroxylation is 1. The maximum atomic E-state index is 5.93. The topological polar surface area (TPSA) is 38.0 Å². The number of nitrogens with one attached hydrogen (secondary N) is 1. The molecule has 1 aliphatic rings. The number of anilines is 2. The molecule has 0 bridgehead atoms. The normalized spacial score (nSPS) is 20.2. The largest absolute Gasteiger partial charge is 0.398 e. The highest BCUT2D eigenvalue weighted by atomic mass is 14.9. The zero-order valence-electron chi connectivity index (χ0n) is 11.2. The van der Waals surface area contributed by atoms with E-state index < -0.39 is 0 Å². The van der Waals surface area contributed by atoms with Crippen LogP contribution in [0.4, 0.5) is 11.4 Å². The highest BCUT2D eigenvalue weighted by Crippen LogP contribution is 2.36. The first-order chi connectivity index (χ1) is 7.96. The van der Waals surface area contributed by atoms with Gasteiger partial charge in [-0.05, 0) is 55.7 Å². The van der Waals surface area contributed by atoms with Crippen LogP contribution < -0.4 is 11.1 Å². The van der Waals surface area contributed by atoms with Crippen LogP contribution >= 0.6 is 0 Å². The van der Waals surface area contributed by atoms with Crippen LogP contribution in [0.15, 0.2) is 18.2 Å². The molecular weight excluding hydrogens is 208 g/mol. The van der Waals surface area contributed by atoms with Gasteiger partial charge in [-0.25, -0.2) is 0 Å². The molecule has 1 fully saturated rings. The van der Waals surface area contributed by atoms with E-state index in [4.69, 9.17) is 5.73 Å². The molecule has 2 heteroatoms. The summed E-state index contributed by atoms with van der Waals surface area (Å²) in [4.78, 5) is 0. The van der Waals surface area contributed by atoms with Crippen molar-refractivity contribution in [2.24, 2.45) is 5.41 Å². The summed E-state index contributed by atoms with van der Waals surface area (Å²) in [6, 6.07) is 6.88. The Balaban J connectivity index is 1.95. The molecule has 0 heterocycles. The summed E-state index contributed by atoms with van der Waals surface area (Å²) >= 11 is 0. The lowest BCUT2D eigenvalue weighted by atomic mass is 9.75. The Hall–Kier alpha value is -1.18. The van der Waals surface area contributed by atoms with Gasteiger partial charge in [-0.1, -0.05) is 19.9 Å². The van der Waals surface area contributed by atoms with Gasteiger partial charge in [0.15, 0.2) is 0 Å². The molecule has 94 valence electrons. The van der Waals surface area contributed by atoms with E-state index in [-0.39, 0.29) is 0 Å². The molecule has 3 N–H and O–H groups in total. The van der Waals surface area contributed by atoms with Gasteiger partial charge in [0.2, 0.25) is 0 Å². The number of nitrogens with two attached hydrogens (primary N) is 1. The van der Waals surface area contributed by atoms with E-state index >= 15 is 0 Å². The average molecular weight is 232 g/mol. The van der Waals surface area contributed by atoms with E-state index in [2.05, 4.69) is 37.4 Å². The van der Waals surface area contributed by atoms with E-state index in [0.29, 0.717) is 11.5 Å². The average Bonchev–Trinajstić information content (AvgIpc) is 2.27. The van der Waals surface area contributed by atoms with Gasteiger partial charge in [-0.3, -0.25) is 0 Å². The van der Waals surface area contributed by atoms with Crippen LogP contribution in [0.25, 0.3) is 0 Å². The minimum absolute atomic E-state index is 0.532. The number of hydrogen-bond donors (Lipinski definition) is 2. The van der Waals surface area contributed by atoms with Crippen molar-refractivity contribution < 1.29 is 0 Å². The Morgan fingerprint density at radius 1 is 1.24 bits per heavy atom. The molecule has 2 nitrogen and oxygen atoms in total. The van der Waals surface area contributed by atoms with Gasteiger partial charge >= 0.3 is 0 Å². The number of rotatable bonds is 2. The Morgan fingerprint density at radius 3 is 2.47 bits per heavy atom. The first-order valence-electron chi connectivity index (χ1n) is 6.59. The van der Waals surface area contributed by atoms with Crippen LogP contribution in [0.1, 0.15) is 45.1 Å². The van der Waals surface area contributed by atoms with Gasteiger partial charge in [0, 0.05) is 17.4 Å². The van der Waals surface area contributed by atoms with Gasteiger partial charge in [-0.15, -0.1) is 0 Å². The van der Waals surface area contributed by atoms with Crippen molar-refractivity contribution in [3.63, 3.8) is 0 Å². The van der Waals surface area contributed by atoms with E-state index in [1.54, 1.807) is 0 Å². The number of benzene rings is 1. The first kappa shape index (κ1) is 12.3. The Bertz CT molecular complexity index is 386. The second-order valence-electron chi connectivity index (χ2n) is 6.15. The molecule has 0 aliphatic heterocycles. The molecular formula is C15H24N2. The van der Waals surface area contributed by atoms with Gasteiger partial charge in [-0.2, -0.15) is 0 Å². The lowest BCUT2D eigenvalue weighted by Crippen LogP contribution is -2.29. The molecule has 1 aliphatic carbocycles. The predicted molar refractivity (Wildman–Crippen MR) is 75.3 cm³/mol. The fourth-order valence-corrected chi connectivity index (χ4v) is 2.51. The zero-order chi connectivity index (χ0) is 12.5. The monoisotopic (exact) mass is 232 g/mol. The molecule has 0 aromatic heterocycles. The van der Waals surface area contributed by atoms with Crippen LogP contribution in [0.2, 0.25) is 0 Å². The maximum absolute atomic E-state index is 5.93. The van der Waals surface area contributed by atoms with Crippen LogP contribution in [0, 0.1) is 12.3 Å². The van der Waals surface area contributed by atoms with Crippen LogP contribution in [-0.2, 0) is 0 Å². The van der Waals surface area contributed by atoms with Crippen molar-refractivity contribution in [1.82, 2.24) is 0 Å². The zero-order valence-corrected chi connectivity index (χ0v) is 11.2. The molecule has 0 saturated heterocycles. The third-order valence-electron chi connectivity index (χ3n) is 3.99. The summed E-state index contributed by atoms with van der Waals surface area (Å²) in [7, 11) is 0. The molecule has 1 saturated carbocycles. The summed E-state index contributed by atoms with van der Waals surface area (Å²) in [6.07, 6.45) is 5.15. The third-order valence-corrected chi connectivity index (χ3v) is 3.99. The lowest BCUT2D eigenvalue weighted by Gasteiger charge is -2.35. The maximum Gasteiger partial charge on any atom is 0.0364 e. The minimum atomic E-state index is 0.532. The fourth-order valence-electron chi connectivity index (χ4n) is 2.51. The summed E-state index contributed by atoms with van der Waals surface area (Å²) < 4.78 is 0. The molecule has 0 amide bonds. The summed E-state index contributed by atoms with van der Waals surface area (Å²) in [5.74, 6) is 0. The van der Waals surface area contributed by atoms with E-state index in [1.165, 1.54) is 25.7 Å². The van der Waals surface area contributed by atoms with Crippen molar-refractivity contribution in [1.29, 1.82) is 0 Å². The van der Waals surface area contributed by atoms with Crippen molar-refractivity contribution >= 4 is 11.4 Å². The lowest BCUT2D eigenvalue weighted by molar-refractivity contribution is 0.232. The Kier molecular flexibility index (Phi) is 3.32. The van der Waals surface area contributed by atoms with E-state index in [9.17, 15) is 0 Å². The molecule has 2 rings (SSSR count). The molecule has 17 heavy (non-hydrogen) atoms. The van der Waals surface area contributed by atoms with Crippen molar-refractivity contribution in [2.45, 2.75) is 52.5 Å². The fraction of sp³-hybridized carbons (Fsp3) is 0.600. The van der Waals surface area contributed by atoms with Gasteiger partial charge < -0.3 is 11.1 Å². The Morgan fingerprint density at radius 2 is 1.88 bits per heavy atom. The highest BCUT2D eigenvalue weighted by molar-refractivity contribution is 5.58. The SMILES string of the molecule is Cc1ccc(NC2CCC(C)(C)CC2)cc1N. The second kappa shape index (κ2) is 4.59. The van der Waals surface area contributed by atoms with Gasteiger partial charge in [0.05, 0.1) is 0 Å². The molecule has 0 spiro atoms. The van der Waals surface area contributed by atoms with Crippen molar-refractivity contribution in [2.75, 3.05) is 11.1 Å².